The Balaban J connectivity index is 1.36. The Kier molecular flexibility index (Phi) is 5.88. The zero-order chi connectivity index (χ0) is 19.5. The fourth-order valence-electron chi connectivity index (χ4n) is 5.30. The average Bonchev–Trinajstić information content (AvgIpc) is 2.68. The molecule has 2 N–H and O–H groups in total. The second kappa shape index (κ2) is 8.54. The molecule has 1 aliphatic carbocycles. The van der Waals surface area contributed by atoms with E-state index in [1.54, 1.807) is 0 Å². The van der Waals surface area contributed by atoms with Crippen LogP contribution in [-0.4, -0.2) is 41.0 Å². The molecular formula is C23H33N3O2. The van der Waals surface area contributed by atoms with E-state index in [-0.39, 0.29) is 30.1 Å². The highest BCUT2D eigenvalue weighted by atomic mass is 16.2. The lowest BCUT2D eigenvalue weighted by Gasteiger charge is -2.49. The van der Waals surface area contributed by atoms with Gasteiger partial charge in [0.05, 0.1) is 0 Å². The highest BCUT2D eigenvalue weighted by molar-refractivity contribution is 5.94. The van der Waals surface area contributed by atoms with Crippen LogP contribution in [0.3, 0.4) is 0 Å². The van der Waals surface area contributed by atoms with E-state index in [1.807, 2.05) is 31.2 Å². The van der Waals surface area contributed by atoms with Crippen LogP contribution in [0.25, 0.3) is 0 Å². The molecule has 1 aromatic carbocycles. The molecule has 0 spiro atoms. The summed E-state index contributed by atoms with van der Waals surface area (Å²) in [4.78, 5) is 27.7. The fourth-order valence-corrected chi connectivity index (χ4v) is 5.30. The summed E-state index contributed by atoms with van der Waals surface area (Å²) in [7, 11) is 0. The number of carbonyl (C=O) groups excluding carboxylic acids is 2. The molecular weight excluding hydrogens is 350 g/mol. The van der Waals surface area contributed by atoms with E-state index in [2.05, 4.69) is 15.5 Å². The summed E-state index contributed by atoms with van der Waals surface area (Å²) in [6.45, 7) is 2.02. The highest BCUT2D eigenvalue weighted by Crippen LogP contribution is 2.34. The Morgan fingerprint density at radius 3 is 2.11 bits per heavy atom. The van der Waals surface area contributed by atoms with Gasteiger partial charge in [-0.25, -0.2) is 4.79 Å². The number of benzene rings is 1. The van der Waals surface area contributed by atoms with Crippen molar-refractivity contribution in [2.75, 3.05) is 0 Å². The van der Waals surface area contributed by atoms with Crippen molar-refractivity contribution < 1.29 is 9.59 Å². The number of nitrogens with zero attached hydrogens (tertiary/aromatic N) is 1. The SMILES string of the molecule is Cc1ccc(C(=O)NC2C[C@H]3CCC[C@@H](C2)N3C(=O)NC2CCCCC2)cc1. The zero-order valence-corrected chi connectivity index (χ0v) is 17.0. The third-order valence-electron chi connectivity index (χ3n) is 6.79. The minimum Gasteiger partial charge on any atom is -0.349 e. The topological polar surface area (TPSA) is 61.4 Å². The standard InChI is InChI=1S/C23H33N3O2/c1-16-10-12-17(13-11-16)22(27)24-19-14-20-8-5-9-21(15-19)26(20)23(28)25-18-6-3-2-4-7-18/h10-13,18-21H,2-9,14-15H2,1H3,(H,24,27)(H,25,28)/t19?,20-,21+. The number of amides is 3. The van der Waals surface area contributed by atoms with Crippen LogP contribution in [0.1, 0.15) is 80.1 Å². The predicted octanol–water partition coefficient (Wildman–Crippen LogP) is 4.15. The largest absolute Gasteiger partial charge is 0.349 e. The second-order valence-corrected chi connectivity index (χ2v) is 8.94. The Hall–Kier alpha value is -2.04. The molecule has 2 bridgehead atoms. The molecule has 4 rings (SSSR count). The molecule has 3 atom stereocenters. The third kappa shape index (κ3) is 4.34. The van der Waals surface area contributed by atoms with E-state index in [1.165, 1.54) is 25.7 Å². The van der Waals surface area contributed by atoms with Gasteiger partial charge in [0.2, 0.25) is 0 Å². The van der Waals surface area contributed by atoms with Crippen LogP contribution in [0.4, 0.5) is 4.79 Å². The number of carbonyl (C=O) groups is 2. The molecule has 28 heavy (non-hydrogen) atoms. The van der Waals surface area contributed by atoms with Crippen molar-refractivity contribution in [3.05, 3.63) is 35.4 Å². The summed E-state index contributed by atoms with van der Waals surface area (Å²) >= 11 is 0. The van der Waals surface area contributed by atoms with Crippen molar-refractivity contribution in [2.24, 2.45) is 0 Å². The Bertz CT molecular complexity index is 682. The normalized spacial score (nSPS) is 27.9. The molecule has 3 aliphatic rings. The molecule has 152 valence electrons. The predicted molar refractivity (Wildman–Crippen MR) is 110 cm³/mol. The first kappa shape index (κ1) is 19.3. The van der Waals surface area contributed by atoms with Gasteiger partial charge in [-0.2, -0.15) is 0 Å². The minimum atomic E-state index is 0.00295. The first-order chi connectivity index (χ1) is 13.6. The third-order valence-corrected chi connectivity index (χ3v) is 6.79. The van der Waals surface area contributed by atoms with Crippen molar-refractivity contribution in [3.8, 4) is 0 Å². The van der Waals surface area contributed by atoms with Gasteiger partial charge >= 0.3 is 6.03 Å². The van der Waals surface area contributed by atoms with E-state index >= 15 is 0 Å². The first-order valence-corrected chi connectivity index (χ1v) is 11.1. The number of urea groups is 1. The van der Waals surface area contributed by atoms with E-state index in [0.29, 0.717) is 11.6 Å². The van der Waals surface area contributed by atoms with E-state index in [9.17, 15) is 9.59 Å². The number of rotatable bonds is 3. The number of hydrogen-bond donors (Lipinski definition) is 2. The van der Waals surface area contributed by atoms with Gasteiger partial charge in [-0.1, -0.05) is 37.0 Å². The van der Waals surface area contributed by atoms with Crippen LogP contribution in [0, 0.1) is 6.92 Å². The van der Waals surface area contributed by atoms with E-state index in [0.717, 1.165) is 44.1 Å². The highest BCUT2D eigenvalue weighted by Gasteiger charge is 2.41. The smallest absolute Gasteiger partial charge is 0.318 e. The molecule has 1 aromatic rings. The van der Waals surface area contributed by atoms with E-state index in [4.69, 9.17) is 0 Å². The van der Waals surface area contributed by atoms with Crippen molar-refractivity contribution in [1.29, 1.82) is 0 Å². The molecule has 5 nitrogen and oxygen atoms in total. The fraction of sp³-hybridized carbons (Fsp3) is 0.652. The molecule has 3 amide bonds. The molecule has 1 unspecified atom stereocenters. The van der Waals surface area contributed by atoms with Crippen LogP contribution in [0.2, 0.25) is 0 Å². The number of piperidine rings is 2. The minimum absolute atomic E-state index is 0.00295. The molecule has 1 saturated carbocycles. The molecule has 2 heterocycles. The Labute approximate surface area is 168 Å². The lowest BCUT2D eigenvalue weighted by Crippen LogP contribution is -2.61. The summed E-state index contributed by atoms with van der Waals surface area (Å²) < 4.78 is 0. The van der Waals surface area contributed by atoms with Crippen molar-refractivity contribution in [2.45, 2.75) is 95.3 Å². The van der Waals surface area contributed by atoms with Gasteiger partial charge < -0.3 is 15.5 Å². The lowest BCUT2D eigenvalue weighted by molar-refractivity contribution is 0.0506. The van der Waals surface area contributed by atoms with Crippen molar-refractivity contribution >= 4 is 11.9 Å². The van der Waals surface area contributed by atoms with Crippen LogP contribution in [0.15, 0.2) is 24.3 Å². The van der Waals surface area contributed by atoms with E-state index < -0.39 is 0 Å². The van der Waals surface area contributed by atoms with Gasteiger partial charge in [-0.05, 0) is 64.0 Å². The molecule has 0 aromatic heterocycles. The lowest BCUT2D eigenvalue weighted by atomic mass is 9.82. The maximum Gasteiger partial charge on any atom is 0.318 e. The van der Waals surface area contributed by atoms with Crippen molar-refractivity contribution in [3.63, 3.8) is 0 Å². The van der Waals surface area contributed by atoms with Gasteiger partial charge in [0.15, 0.2) is 0 Å². The molecule has 2 aliphatic heterocycles. The quantitative estimate of drug-likeness (QED) is 0.823. The first-order valence-electron chi connectivity index (χ1n) is 11.1. The number of nitrogens with one attached hydrogen (secondary N) is 2. The molecule has 0 radical (unpaired) electrons. The summed E-state index contributed by atoms with van der Waals surface area (Å²) in [6.07, 6.45) is 11.0. The molecule has 2 saturated heterocycles. The van der Waals surface area contributed by atoms with Gasteiger partial charge in [0.1, 0.15) is 0 Å². The van der Waals surface area contributed by atoms with Crippen LogP contribution >= 0.6 is 0 Å². The van der Waals surface area contributed by atoms with Crippen LogP contribution in [-0.2, 0) is 0 Å². The summed E-state index contributed by atoms with van der Waals surface area (Å²) in [6, 6.07) is 8.85. The Morgan fingerprint density at radius 2 is 1.46 bits per heavy atom. The average molecular weight is 384 g/mol. The summed E-state index contributed by atoms with van der Waals surface area (Å²) in [5.41, 5.74) is 1.87. The monoisotopic (exact) mass is 383 g/mol. The maximum atomic E-state index is 13.0. The molecule has 3 fully saturated rings. The Morgan fingerprint density at radius 1 is 0.821 bits per heavy atom. The summed E-state index contributed by atoms with van der Waals surface area (Å²) in [5.74, 6) is 0.00295. The van der Waals surface area contributed by atoms with Gasteiger partial charge in [0.25, 0.3) is 5.91 Å². The number of fused-ring (bicyclic) bond motifs is 2. The zero-order valence-electron chi connectivity index (χ0n) is 17.0. The maximum absolute atomic E-state index is 13.0. The van der Waals surface area contributed by atoms with Gasteiger partial charge in [-0.15, -0.1) is 0 Å². The van der Waals surface area contributed by atoms with Gasteiger partial charge in [0, 0.05) is 29.7 Å². The van der Waals surface area contributed by atoms with Crippen LogP contribution in [0.5, 0.6) is 0 Å². The van der Waals surface area contributed by atoms with Crippen molar-refractivity contribution in [1.82, 2.24) is 15.5 Å². The van der Waals surface area contributed by atoms with Gasteiger partial charge in [-0.3, -0.25) is 4.79 Å². The summed E-state index contributed by atoms with van der Waals surface area (Å²) in [5, 5.41) is 6.53. The number of hydrogen-bond acceptors (Lipinski definition) is 2. The second-order valence-electron chi connectivity index (χ2n) is 8.94. The number of aryl methyl sites for hydroxylation is 1. The van der Waals surface area contributed by atoms with Crippen LogP contribution < -0.4 is 10.6 Å². The molecule has 5 heteroatoms.